The maximum absolute atomic E-state index is 11.4. The molecule has 0 radical (unpaired) electrons. The van der Waals surface area contributed by atoms with Crippen LogP contribution in [-0.2, 0) is 0 Å². The van der Waals surface area contributed by atoms with Gasteiger partial charge in [0.25, 0.3) is 0 Å². The molecular formula is C15H12N6O2. The Bertz CT molecular complexity index is 751. The zero-order valence-corrected chi connectivity index (χ0v) is 11.9. The quantitative estimate of drug-likeness (QED) is 0.550. The first-order valence-corrected chi connectivity index (χ1v) is 6.73. The Hall–Kier alpha value is -3.55. The van der Waals surface area contributed by atoms with Crippen molar-refractivity contribution in [3.05, 3.63) is 71.2 Å². The van der Waals surface area contributed by atoms with Crippen LogP contribution < -0.4 is 10.6 Å². The van der Waals surface area contributed by atoms with Crippen molar-refractivity contribution in [2.24, 2.45) is 0 Å². The highest BCUT2D eigenvalue weighted by Gasteiger charge is 2.23. The van der Waals surface area contributed by atoms with Crippen molar-refractivity contribution in [3.63, 3.8) is 0 Å². The lowest BCUT2D eigenvalue weighted by atomic mass is 10.3. The third kappa shape index (κ3) is 3.38. The third-order valence-corrected chi connectivity index (χ3v) is 2.95. The van der Waals surface area contributed by atoms with Crippen LogP contribution in [0, 0.1) is 10.1 Å². The summed E-state index contributed by atoms with van der Waals surface area (Å²) < 4.78 is 0. The van der Waals surface area contributed by atoms with E-state index in [1.54, 1.807) is 36.5 Å². The zero-order chi connectivity index (χ0) is 16.1. The van der Waals surface area contributed by atoms with E-state index in [0.717, 1.165) is 0 Å². The van der Waals surface area contributed by atoms with Gasteiger partial charge in [-0.2, -0.15) is 0 Å². The van der Waals surface area contributed by atoms with Gasteiger partial charge in [0, 0.05) is 11.9 Å². The second kappa shape index (κ2) is 6.48. The Labute approximate surface area is 131 Å². The van der Waals surface area contributed by atoms with Crippen molar-refractivity contribution in [3.8, 4) is 0 Å². The second-order valence-corrected chi connectivity index (χ2v) is 4.51. The van der Waals surface area contributed by atoms with E-state index >= 15 is 0 Å². The monoisotopic (exact) mass is 308 g/mol. The van der Waals surface area contributed by atoms with Crippen LogP contribution in [0.1, 0.15) is 0 Å². The van der Waals surface area contributed by atoms with Crippen molar-refractivity contribution in [1.82, 2.24) is 15.0 Å². The van der Waals surface area contributed by atoms with E-state index in [-0.39, 0.29) is 17.3 Å². The molecule has 0 saturated carbocycles. The van der Waals surface area contributed by atoms with Crippen molar-refractivity contribution in [1.29, 1.82) is 0 Å². The van der Waals surface area contributed by atoms with E-state index < -0.39 is 4.92 Å². The van der Waals surface area contributed by atoms with Crippen LogP contribution in [0.25, 0.3) is 0 Å². The molecule has 2 N–H and O–H groups in total. The predicted octanol–water partition coefficient (Wildman–Crippen LogP) is 3.27. The number of hydrogen-bond donors (Lipinski definition) is 2. The zero-order valence-electron chi connectivity index (χ0n) is 11.9. The smallest absolute Gasteiger partial charge is 0.334 e. The first-order chi connectivity index (χ1) is 11.2. The van der Waals surface area contributed by atoms with E-state index in [1.165, 1.54) is 6.33 Å². The maximum Gasteiger partial charge on any atom is 0.353 e. The van der Waals surface area contributed by atoms with E-state index in [1.807, 2.05) is 18.2 Å². The Morgan fingerprint density at radius 3 is 2.22 bits per heavy atom. The van der Waals surface area contributed by atoms with Gasteiger partial charge in [-0.15, -0.1) is 0 Å². The van der Waals surface area contributed by atoms with Gasteiger partial charge >= 0.3 is 5.69 Å². The van der Waals surface area contributed by atoms with Crippen LogP contribution in [0.4, 0.5) is 28.8 Å². The molecule has 3 aromatic rings. The summed E-state index contributed by atoms with van der Waals surface area (Å²) in [6.07, 6.45) is 2.84. The minimum atomic E-state index is -0.531. The van der Waals surface area contributed by atoms with Crippen molar-refractivity contribution < 1.29 is 4.92 Å². The molecular weight excluding hydrogens is 296 g/mol. The number of nitro groups is 1. The van der Waals surface area contributed by atoms with Gasteiger partial charge in [-0.3, -0.25) is 10.1 Å². The highest BCUT2D eigenvalue weighted by Crippen LogP contribution is 2.32. The number of anilines is 4. The van der Waals surface area contributed by atoms with Gasteiger partial charge in [0.2, 0.25) is 11.6 Å². The van der Waals surface area contributed by atoms with Gasteiger partial charge in [-0.05, 0) is 24.3 Å². The molecule has 2 heterocycles. The fourth-order valence-electron chi connectivity index (χ4n) is 1.95. The summed E-state index contributed by atoms with van der Waals surface area (Å²) in [4.78, 5) is 22.9. The molecule has 114 valence electrons. The molecule has 1 aromatic carbocycles. The number of pyridine rings is 1. The molecule has 0 spiro atoms. The number of aromatic nitrogens is 3. The summed E-state index contributed by atoms with van der Waals surface area (Å²) in [6, 6.07) is 14.3. The summed E-state index contributed by atoms with van der Waals surface area (Å²) >= 11 is 0. The maximum atomic E-state index is 11.4. The highest BCUT2D eigenvalue weighted by molar-refractivity contribution is 5.75. The van der Waals surface area contributed by atoms with Gasteiger partial charge in [0.05, 0.1) is 4.92 Å². The molecule has 0 fully saturated rings. The number of para-hydroxylation sites is 1. The number of rotatable bonds is 5. The van der Waals surface area contributed by atoms with Gasteiger partial charge in [0.1, 0.15) is 12.1 Å². The fourth-order valence-corrected chi connectivity index (χ4v) is 1.95. The number of benzene rings is 1. The SMILES string of the molecule is O=[N+]([O-])c1c(Nc2ccccc2)ncnc1Nc1ccccn1. The number of hydrogen-bond acceptors (Lipinski definition) is 7. The molecule has 0 saturated heterocycles. The van der Waals surface area contributed by atoms with Crippen LogP contribution in [0.15, 0.2) is 61.1 Å². The summed E-state index contributed by atoms with van der Waals surface area (Å²) in [7, 11) is 0. The molecule has 2 aromatic heterocycles. The van der Waals surface area contributed by atoms with Gasteiger partial charge in [-0.25, -0.2) is 15.0 Å². The average Bonchev–Trinajstić information content (AvgIpc) is 2.56. The molecule has 0 amide bonds. The first-order valence-electron chi connectivity index (χ1n) is 6.73. The standard InChI is InChI=1S/C15H12N6O2/c22-21(23)13-14(19-11-6-2-1-3-7-11)17-10-18-15(13)20-12-8-4-5-9-16-12/h1-10H,(H2,16,17,18,19,20). The molecule has 8 nitrogen and oxygen atoms in total. The molecule has 0 aliphatic rings. The Morgan fingerprint density at radius 2 is 1.57 bits per heavy atom. The normalized spacial score (nSPS) is 10.1. The fraction of sp³-hybridized carbons (Fsp3) is 0. The van der Waals surface area contributed by atoms with E-state index in [2.05, 4.69) is 25.6 Å². The summed E-state index contributed by atoms with van der Waals surface area (Å²) in [5.41, 5.74) is 0.445. The Balaban J connectivity index is 1.97. The summed E-state index contributed by atoms with van der Waals surface area (Å²) in [5.74, 6) is 0.636. The number of nitrogens with zero attached hydrogens (tertiary/aromatic N) is 4. The predicted molar refractivity (Wildman–Crippen MR) is 85.9 cm³/mol. The molecule has 3 rings (SSSR count). The van der Waals surface area contributed by atoms with E-state index in [0.29, 0.717) is 11.5 Å². The second-order valence-electron chi connectivity index (χ2n) is 4.51. The van der Waals surface area contributed by atoms with Crippen LogP contribution in [-0.4, -0.2) is 19.9 Å². The third-order valence-electron chi connectivity index (χ3n) is 2.95. The number of nitrogens with one attached hydrogen (secondary N) is 2. The average molecular weight is 308 g/mol. The van der Waals surface area contributed by atoms with Gasteiger partial charge in [-0.1, -0.05) is 24.3 Å². The van der Waals surface area contributed by atoms with Crippen LogP contribution >= 0.6 is 0 Å². The molecule has 0 unspecified atom stereocenters. The minimum Gasteiger partial charge on any atom is -0.334 e. The van der Waals surface area contributed by atoms with Crippen LogP contribution in [0.2, 0.25) is 0 Å². The molecule has 0 aliphatic carbocycles. The molecule has 23 heavy (non-hydrogen) atoms. The lowest BCUT2D eigenvalue weighted by Crippen LogP contribution is -2.06. The Morgan fingerprint density at radius 1 is 0.870 bits per heavy atom. The molecule has 0 aliphatic heterocycles. The van der Waals surface area contributed by atoms with Crippen LogP contribution in [0.3, 0.4) is 0 Å². The van der Waals surface area contributed by atoms with Crippen LogP contribution in [0.5, 0.6) is 0 Å². The summed E-state index contributed by atoms with van der Waals surface area (Å²) in [5, 5.41) is 17.2. The van der Waals surface area contributed by atoms with Crippen molar-refractivity contribution >= 4 is 28.8 Å². The van der Waals surface area contributed by atoms with Crippen molar-refractivity contribution in [2.45, 2.75) is 0 Å². The minimum absolute atomic E-state index is 0.0714. The largest absolute Gasteiger partial charge is 0.353 e. The molecule has 0 atom stereocenters. The molecule has 0 bridgehead atoms. The topological polar surface area (TPSA) is 106 Å². The Kier molecular flexibility index (Phi) is 4.05. The van der Waals surface area contributed by atoms with Crippen molar-refractivity contribution in [2.75, 3.05) is 10.6 Å². The first kappa shape index (κ1) is 14.4. The molecule has 8 heteroatoms. The van der Waals surface area contributed by atoms with Gasteiger partial charge in [0.15, 0.2) is 0 Å². The lowest BCUT2D eigenvalue weighted by Gasteiger charge is -2.09. The summed E-state index contributed by atoms with van der Waals surface area (Å²) in [6.45, 7) is 0. The van der Waals surface area contributed by atoms with E-state index in [4.69, 9.17) is 0 Å². The lowest BCUT2D eigenvalue weighted by molar-refractivity contribution is -0.383. The van der Waals surface area contributed by atoms with E-state index in [9.17, 15) is 10.1 Å². The van der Waals surface area contributed by atoms with Gasteiger partial charge < -0.3 is 10.6 Å². The highest BCUT2D eigenvalue weighted by atomic mass is 16.6.